The minimum atomic E-state index is -3.69. The van der Waals surface area contributed by atoms with Crippen LogP contribution in [0.2, 0.25) is 0 Å². The third kappa shape index (κ3) is 2.68. The number of aromatic nitrogens is 3. The maximum absolute atomic E-state index is 13.0. The van der Waals surface area contributed by atoms with Gasteiger partial charge in [-0.15, -0.1) is 5.10 Å². The molecule has 2 aromatic heterocycles. The van der Waals surface area contributed by atoms with Gasteiger partial charge in [0, 0.05) is 19.3 Å². The molecule has 0 bridgehead atoms. The number of hydrogen-bond donors (Lipinski definition) is 0. The lowest BCUT2D eigenvalue weighted by molar-refractivity contribution is 0.174. The lowest BCUT2D eigenvalue weighted by atomic mass is 10.2. The summed E-state index contributed by atoms with van der Waals surface area (Å²) in [5, 5.41) is 4.33. The largest absolute Gasteiger partial charge is 0.454 e. The Labute approximate surface area is 160 Å². The Morgan fingerprint density at radius 3 is 2.68 bits per heavy atom. The molecule has 0 N–H and O–H groups in total. The number of rotatable bonds is 4. The average molecular weight is 402 g/mol. The zero-order valence-corrected chi connectivity index (χ0v) is 15.8. The highest BCUT2D eigenvalue weighted by Crippen LogP contribution is 2.32. The zero-order chi connectivity index (χ0) is 19.3. The third-order valence-electron chi connectivity index (χ3n) is 5.03. The summed E-state index contributed by atoms with van der Waals surface area (Å²) in [6.45, 7) is 1.35. The molecule has 146 valence electrons. The van der Waals surface area contributed by atoms with E-state index < -0.39 is 15.7 Å². The maximum atomic E-state index is 13.0. The van der Waals surface area contributed by atoms with Gasteiger partial charge >= 0.3 is 5.69 Å². The molecule has 1 aromatic carbocycles. The van der Waals surface area contributed by atoms with Crippen LogP contribution in [0.3, 0.4) is 0 Å². The minimum absolute atomic E-state index is 0.0541. The number of fused-ring (bicyclic) bond motifs is 2. The molecule has 1 saturated heterocycles. The van der Waals surface area contributed by atoms with Gasteiger partial charge in [-0.1, -0.05) is 6.07 Å². The van der Waals surface area contributed by atoms with Crippen molar-refractivity contribution in [3.8, 4) is 11.5 Å². The van der Waals surface area contributed by atoms with Crippen LogP contribution in [0.1, 0.15) is 18.4 Å². The van der Waals surface area contributed by atoms with Crippen molar-refractivity contribution in [2.45, 2.75) is 24.3 Å². The lowest BCUT2D eigenvalue weighted by Crippen LogP contribution is -2.28. The van der Waals surface area contributed by atoms with Crippen molar-refractivity contribution in [1.29, 1.82) is 0 Å². The molecule has 0 spiro atoms. The van der Waals surface area contributed by atoms with E-state index in [0.29, 0.717) is 24.6 Å². The Bertz CT molecular complexity index is 1220. The molecule has 28 heavy (non-hydrogen) atoms. The molecule has 10 heteroatoms. The number of pyridine rings is 1. The van der Waals surface area contributed by atoms with E-state index in [9.17, 15) is 13.2 Å². The Kier molecular flexibility index (Phi) is 3.91. The van der Waals surface area contributed by atoms with Crippen molar-refractivity contribution in [2.24, 2.45) is 0 Å². The van der Waals surface area contributed by atoms with Gasteiger partial charge < -0.3 is 9.47 Å². The summed E-state index contributed by atoms with van der Waals surface area (Å²) in [7, 11) is -3.69. The van der Waals surface area contributed by atoms with Gasteiger partial charge in [-0.3, -0.25) is 0 Å². The molecule has 0 aliphatic carbocycles. The predicted octanol–water partition coefficient (Wildman–Crippen LogP) is 1.06. The van der Waals surface area contributed by atoms with Gasteiger partial charge in [0.05, 0.1) is 6.54 Å². The normalized spacial score (nSPS) is 16.9. The van der Waals surface area contributed by atoms with Crippen molar-refractivity contribution >= 4 is 15.7 Å². The third-order valence-corrected chi connectivity index (χ3v) is 6.95. The van der Waals surface area contributed by atoms with E-state index in [1.165, 1.54) is 25.7 Å². The number of benzene rings is 1. The van der Waals surface area contributed by atoms with Crippen LogP contribution in [0.5, 0.6) is 11.5 Å². The number of ether oxygens (including phenoxy) is 2. The molecule has 0 unspecified atom stereocenters. The molecular formula is C18H18N4O5S. The first-order valence-electron chi connectivity index (χ1n) is 9.01. The van der Waals surface area contributed by atoms with E-state index in [2.05, 4.69) is 5.10 Å². The molecule has 0 atom stereocenters. The predicted molar refractivity (Wildman–Crippen MR) is 99.1 cm³/mol. The first-order chi connectivity index (χ1) is 13.5. The molecule has 4 heterocycles. The molecule has 5 rings (SSSR count). The van der Waals surface area contributed by atoms with Gasteiger partial charge in [-0.25, -0.2) is 22.3 Å². The molecule has 1 fully saturated rings. The van der Waals surface area contributed by atoms with Crippen molar-refractivity contribution < 1.29 is 17.9 Å². The summed E-state index contributed by atoms with van der Waals surface area (Å²) in [6, 6.07) is 8.46. The average Bonchev–Trinajstić information content (AvgIpc) is 3.43. The fourth-order valence-electron chi connectivity index (χ4n) is 3.60. The SMILES string of the molecule is O=c1n(Cc2ccc3c(c2)OCO3)nc2c(S(=O)(=O)N3CCCC3)cccn12. The van der Waals surface area contributed by atoms with Gasteiger partial charge in [-0.05, 0) is 42.7 Å². The molecule has 0 saturated carbocycles. The van der Waals surface area contributed by atoms with E-state index in [4.69, 9.17) is 9.47 Å². The second-order valence-corrected chi connectivity index (χ2v) is 8.71. The van der Waals surface area contributed by atoms with Crippen LogP contribution >= 0.6 is 0 Å². The van der Waals surface area contributed by atoms with Crippen LogP contribution in [0, 0.1) is 0 Å². The van der Waals surface area contributed by atoms with E-state index >= 15 is 0 Å². The summed E-state index contributed by atoms with van der Waals surface area (Å²) in [6.07, 6.45) is 3.21. The fraction of sp³-hybridized carbons (Fsp3) is 0.333. The molecule has 0 radical (unpaired) electrons. The van der Waals surface area contributed by atoms with Crippen LogP contribution < -0.4 is 15.2 Å². The maximum Gasteiger partial charge on any atom is 0.350 e. The van der Waals surface area contributed by atoms with E-state index in [1.807, 2.05) is 6.07 Å². The van der Waals surface area contributed by atoms with E-state index in [1.54, 1.807) is 18.2 Å². The van der Waals surface area contributed by atoms with Gasteiger partial charge in [0.15, 0.2) is 17.1 Å². The second-order valence-electron chi connectivity index (χ2n) is 6.81. The molecule has 2 aliphatic heterocycles. The molecule has 0 amide bonds. The van der Waals surface area contributed by atoms with Crippen LogP contribution in [0.25, 0.3) is 5.65 Å². The highest BCUT2D eigenvalue weighted by Gasteiger charge is 2.30. The zero-order valence-electron chi connectivity index (χ0n) is 14.9. The van der Waals surface area contributed by atoms with E-state index in [0.717, 1.165) is 18.4 Å². The van der Waals surface area contributed by atoms with Crippen molar-refractivity contribution in [3.05, 3.63) is 52.6 Å². The number of sulfonamides is 1. The van der Waals surface area contributed by atoms with Gasteiger partial charge in [0.2, 0.25) is 16.8 Å². The van der Waals surface area contributed by atoms with Gasteiger partial charge in [0.1, 0.15) is 4.90 Å². The Hall–Kier alpha value is -2.85. The minimum Gasteiger partial charge on any atom is -0.454 e. The van der Waals surface area contributed by atoms with Crippen LogP contribution in [0.15, 0.2) is 46.2 Å². The van der Waals surface area contributed by atoms with Crippen LogP contribution in [-0.2, 0) is 16.6 Å². The summed E-state index contributed by atoms with van der Waals surface area (Å²) >= 11 is 0. The summed E-state index contributed by atoms with van der Waals surface area (Å²) in [5.74, 6) is 1.27. The number of nitrogens with zero attached hydrogens (tertiary/aromatic N) is 4. The first-order valence-corrected chi connectivity index (χ1v) is 10.4. The Morgan fingerprint density at radius 1 is 1.07 bits per heavy atom. The van der Waals surface area contributed by atoms with Crippen molar-refractivity contribution in [3.63, 3.8) is 0 Å². The van der Waals surface area contributed by atoms with E-state index in [-0.39, 0.29) is 23.9 Å². The number of hydrogen-bond acceptors (Lipinski definition) is 6. The summed E-state index contributed by atoms with van der Waals surface area (Å²) in [4.78, 5) is 12.8. The van der Waals surface area contributed by atoms with Crippen molar-refractivity contribution in [2.75, 3.05) is 19.9 Å². The monoisotopic (exact) mass is 402 g/mol. The fourth-order valence-corrected chi connectivity index (χ4v) is 5.24. The molecule has 2 aliphatic rings. The van der Waals surface area contributed by atoms with Crippen molar-refractivity contribution in [1.82, 2.24) is 18.5 Å². The second kappa shape index (κ2) is 6.35. The Morgan fingerprint density at radius 2 is 1.86 bits per heavy atom. The molecule has 9 nitrogen and oxygen atoms in total. The lowest BCUT2D eigenvalue weighted by Gasteiger charge is -2.15. The van der Waals surface area contributed by atoms with Crippen LogP contribution in [-0.4, -0.2) is 46.8 Å². The highest BCUT2D eigenvalue weighted by atomic mass is 32.2. The summed E-state index contributed by atoms with van der Waals surface area (Å²) < 4.78 is 40.6. The Balaban J connectivity index is 1.56. The molecular weight excluding hydrogens is 384 g/mol. The van der Waals surface area contributed by atoms with Gasteiger partial charge in [-0.2, -0.15) is 4.31 Å². The quantitative estimate of drug-likeness (QED) is 0.648. The van der Waals surface area contributed by atoms with Crippen LogP contribution in [0.4, 0.5) is 0 Å². The van der Waals surface area contributed by atoms with Gasteiger partial charge in [0.25, 0.3) is 0 Å². The summed E-state index contributed by atoms with van der Waals surface area (Å²) in [5.41, 5.74) is 0.546. The topological polar surface area (TPSA) is 95.1 Å². The first kappa shape index (κ1) is 17.3. The standard InChI is InChI=1S/C18H18N4O5S/c23-18-21-9-3-4-16(28(24,25)20-7-1-2-8-20)17(21)19-22(18)11-13-5-6-14-15(10-13)27-12-26-14/h3-6,9-10H,1-2,7-8,11-12H2. The molecule has 3 aromatic rings. The smallest absolute Gasteiger partial charge is 0.350 e. The highest BCUT2D eigenvalue weighted by molar-refractivity contribution is 7.89.